The SMILES string of the molecule is CC(C)C(NC(=O)c1ccc(Cl)c(Cl)c1)C(=O)NN=Cc1cccc(OCC(=O)O)c1. The second-order valence-electron chi connectivity index (χ2n) is 6.81. The Morgan fingerprint density at radius 3 is 2.52 bits per heavy atom. The molecule has 0 spiro atoms. The summed E-state index contributed by atoms with van der Waals surface area (Å²) in [6.45, 7) is 3.10. The fourth-order valence-electron chi connectivity index (χ4n) is 2.47. The molecule has 0 aliphatic carbocycles. The Bertz CT molecular complexity index is 995. The molecule has 2 aromatic rings. The van der Waals surface area contributed by atoms with E-state index in [2.05, 4.69) is 15.8 Å². The van der Waals surface area contributed by atoms with Crippen molar-refractivity contribution in [1.82, 2.24) is 10.7 Å². The fraction of sp³-hybridized carbons (Fsp3) is 0.238. The molecule has 2 aromatic carbocycles. The fourth-order valence-corrected chi connectivity index (χ4v) is 2.76. The van der Waals surface area contributed by atoms with E-state index < -0.39 is 30.4 Å². The largest absolute Gasteiger partial charge is 0.482 e. The van der Waals surface area contributed by atoms with E-state index in [1.807, 2.05) is 0 Å². The van der Waals surface area contributed by atoms with Gasteiger partial charge in [-0.1, -0.05) is 49.2 Å². The summed E-state index contributed by atoms with van der Waals surface area (Å²) in [5.41, 5.74) is 3.25. The number of carboxylic acid groups (broad SMARTS) is 1. The molecule has 0 aliphatic rings. The molecule has 31 heavy (non-hydrogen) atoms. The number of nitrogens with zero attached hydrogens (tertiary/aromatic N) is 1. The Labute approximate surface area is 189 Å². The van der Waals surface area contributed by atoms with Crippen LogP contribution in [0.5, 0.6) is 5.75 Å². The molecule has 2 amide bonds. The molecule has 1 atom stereocenters. The number of rotatable bonds is 9. The maximum Gasteiger partial charge on any atom is 0.341 e. The normalized spacial score (nSPS) is 11.9. The Morgan fingerprint density at radius 2 is 1.87 bits per heavy atom. The molecule has 0 bridgehead atoms. The molecule has 0 saturated carbocycles. The highest BCUT2D eigenvalue weighted by Crippen LogP contribution is 2.22. The lowest BCUT2D eigenvalue weighted by molar-refractivity contribution is -0.139. The topological polar surface area (TPSA) is 117 Å². The highest BCUT2D eigenvalue weighted by molar-refractivity contribution is 6.42. The van der Waals surface area contributed by atoms with Crippen molar-refractivity contribution in [2.24, 2.45) is 11.0 Å². The van der Waals surface area contributed by atoms with Crippen LogP contribution in [0.1, 0.15) is 29.8 Å². The van der Waals surface area contributed by atoms with Gasteiger partial charge in [-0.25, -0.2) is 10.2 Å². The molecule has 0 heterocycles. The van der Waals surface area contributed by atoms with E-state index in [1.54, 1.807) is 38.1 Å². The number of carbonyl (C=O) groups is 3. The van der Waals surface area contributed by atoms with E-state index >= 15 is 0 Å². The van der Waals surface area contributed by atoms with Crippen LogP contribution >= 0.6 is 23.2 Å². The van der Waals surface area contributed by atoms with E-state index in [4.69, 9.17) is 33.0 Å². The maximum atomic E-state index is 12.5. The van der Waals surface area contributed by atoms with E-state index in [-0.39, 0.29) is 16.5 Å². The van der Waals surface area contributed by atoms with Gasteiger partial charge in [0.2, 0.25) is 0 Å². The second-order valence-corrected chi connectivity index (χ2v) is 7.63. The van der Waals surface area contributed by atoms with Gasteiger partial charge >= 0.3 is 5.97 Å². The van der Waals surface area contributed by atoms with Crippen LogP contribution < -0.4 is 15.5 Å². The molecule has 0 aromatic heterocycles. The molecule has 0 saturated heterocycles. The molecule has 8 nitrogen and oxygen atoms in total. The van der Waals surface area contributed by atoms with Gasteiger partial charge in [-0.05, 0) is 41.8 Å². The van der Waals surface area contributed by atoms with Crippen molar-refractivity contribution in [3.63, 3.8) is 0 Å². The third-order valence-electron chi connectivity index (χ3n) is 4.03. The van der Waals surface area contributed by atoms with Gasteiger partial charge in [0, 0.05) is 5.56 Å². The minimum absolute atomic E-state index is 0.213. The summed E-state index contributed by atoms with van der Waals surface area (Å²) in [4.78, 5) is 35.6. The number of benzene rings is 2. The molecule has 0 aliphatic heterocycles. The average molecular weight is 466 g/mol. The number of aliphatic carboxylic acids is 1. The number of halogens is 2. The smallest absolute Gasteiger partial charge is 0.341 e. The van der Waals surface area contributed by atoms with Crippen molar-refractivity contribution >= 4 is 47.2 Å². The number of hydrogen-bond acceptors (Lipinski definition) is 5. The predicted octanol–water partition coefficient (Wildman–Crippen LogP) is 3.36. The lowest BCUT2D eigenvalue weighted by Crippen LogP contribution is -2.48. The third-order valence-corrected chi connectivity index (χ3v) is 4.77. The Hall–Kier alpha value is -3.10. The molecule has 0 radical (unpaired) electrons. The number of carboxylic acids is 1. The van der Waals surface area contributed by atoms with Crippen molar-refractivity contribution in [2.75, 3.05) is 6.61 Å². The van der Waals surface area contributed by atoms with Crippen LogP contribution in [0, 0.1) is 5.92 Å². The number of ether oxygens (including phenoxy) is 1. The number of amides is 2. The van der Waals surface area contributed by atoms with Crippen LogP contribution in [0.4, 0.5) is 0 Å². The molecular weight excluding hydrogens is 445 g/mol. The van der Waals surface area contributed by atoms with E-state index in [0.29, 0.717) is 16.3 Å². The van der Waals surface area contributed by atoms with Crippen LogP contribution in [-0.2, 0) is 9.59 Å². The number of nitrogens with one attached hydrogen (secondary N) is 2. The monoisotopic (exact) mass is 465 g/mol. The zero-order valence-electron chi connectivity index (χ0n) is 16.8. The molecule has 1 unspecified atom stereocenters. The maximum absolute atomic E-state index is 12.5. The van der Waals surface area contributed by atoms with E-state index in [9.17, 15) is 14.4 Å². The van der Waals surface area contributed by atoms with Crippen LogP contribution in [0.3, 0.4) is 0 Å². The van der Waals surface area contributed by atoms with Crippen molar-refractivity contribution in [2.45, 2.75) is 19.9 Å². The van der Waals surface area contributed by atoms with Gasteiger partial charge < -0.3 is 15.2 Å². The Kier molecular flexibility index (Phi) is 8.84. The number of hydrogen-bond donors (Lipinski definition) is 3. The first kappa shape index (κ1) is 24.2. The summed E-state index contributed by atoms with van der Waals surface area (Å²) >= 11 is 11.8. The Balaban J connectivity index is 2.00. The summed E-state index contributed by atoms with van der Waals surface area (Å²) < 4.78 is 5.09. The minimum Gasteiger partial charge on any atom is -0.482 e. The first-order valence-electron chi connectivity index (χ1n) is 9.21. The molecule has 164 valence electrons. The van der Waals surface area contributed by atoms with Gasteiger partial charge in [0.25, 0.3) is 11.8 Å². The third kappa shape index (κ3) is 7.58. The van der Waals surface area contributed by atoms with Gasteiger partial charge in [0.15, 0.2) is 6.61 Å². The predicted molar refractivity (Wildman–Crippen MR) is 118 cm³/mol. The summed E-state index contributed by atoms with van der Waals surface area (Å²) in [5, 5.41) is 15.8. The summed E-state index contributed by atoms with van der Waals surface area (Å²) in [7, 11) is 0. The van der Waals surface area contributed by atoms with E-state index in [0.717, 1.165) is 0 Å². The average Bonchev–Trinajstić information content (AvgIpc) is 2.72. The van der Waals surface area contributed by atoms with Crippen LogP contribution in [0.25, 0.3) is 0 Å². The quantitative estimate of drug-likeness (QED) is 0.387. The van der Waals surface area contributed by atoms with Crippen LogP contribution in [0.2, 0.25) is 10.0 Å². The van der Waals surface area contributed by atoms with Gasteiger partial charge in [0.1, 0.15) is 11.8 Å². The lowest BCUT2D eigenvalue weighted by atomic mass is 10.0. The summed E-state index contributed by atoms with van der Waals surface area (Å²) in [5.74, 6) is -1.92. The standard InChI is InChI=1S/C21H21Cl2N3O5/c1-12(2)19(25-20(29)14-6-7-16(22)17(23)9-14)21(30)26-24-10-13-4-3-5-15(8-13)31-11-18(27)28/h3-10,12,19H,11H2,1-2H3,(H,25,29)(H,26,30)(H,27,28). The number of carbonyl (C=O) groups excluding carboxylic acids is 2. The van der Waals surface area contributed by atoms with Gasteiger partial charge in [0.05, 0.1) is 16.3 Å². The molecular formula is C21H21Cl2N3O5. The van der Waals surface area contributed by atoms with Crippen molar-refractivity contribution < 1.29 is 24.2 Å². The van der Waals surface area contributed by atoms with Crippen molar-refractivity contribution in [3.05, 3.63) is 63.6 Å². The van der Waals surface area contributed by atoms with Gasteiger partial charge in [-0.3, -0.25) is 9.59 Å². The number of hydrazone groups is 1. The molecule has 0 fully saturated rings. The molecule has 2 rings (SSSR count). The first-order chi connectivity index (χ1) is 14.7. The van der Waals surface area contributed by atoms with Crippen molar-refractivity contribution in [1.29, 1.82) is 0 Å². The van der Waals surface area contributed by atoms with Crippen molar-refractivity contribution in [3.8, 4) is 5.75 Å². The highest BCUT2D eigenvalue weighted by Gasteiger charge is 2.24. The minimum atomic E-state index is -1.09. The first-order valence-corrected chi connectivity index (χ1v) is 9.96. The summed E-state index contributed by atoms with van der Waals surface area (Å²) in [6.07, 6.45) is 1.38. The van der Waals surface area contributed by atoms with E-state index in [1.165, 1.54) is 24.4 Å². The molecule has 3 N–H and O–H groups in total. The van der Waals surface area contributed by atoms with Crippen LogP contribution in [-0.4, -0.2) is 41.8 Å². The zero-order chi connectivity index (χ0) is 23.0. The highest BCUT2D eigenvalue weighted by atomic mass is 35.5. The zero-order valence-corrected chi connectivity index (χ0v) is 18.3. The second kappa shape index (κ2) is 11.3. The van der Waals surface area contributed by atoms with Gasteiger partial charge in [-0.15, -0.1) is 0 Å². The lowest BCUT2D eigenvalue weighted by Gasteiger charge is -2.20. The van der Waals surface area contributed by atoms with Gasteiger partial charge in [-0.2, -0.15) is 5.10 Å². The van der Waals surface area contributed by atoms with Crippen LogP contribution in [0.15, 0.2) is 47.6 Å². The Morgan fingerprint density at radius 1 is 1.13 bits per heavy atom. The summed E-state index contributed by atoms with van der Waals surface area (Å²) in [6, 6.07) is 10.1. The molecule has 10 heteroatoms.